The van der Waals surface area contributed by atoms with E-state index in [2.05, 4.69) is 0 Å². The molecule has 0 aliphatic rings. The molecule has 1 rings (SSSR count). The third-order valence-electron chi connectivity index (χ3n) is 1.55. The van der Waals surface area contributed by atoms with E-state index >= 15 is 0 Å². The molecule has 5 heteroatoms. The molecule has 0 saturated carbocycles. The van der Waals surface area contributed by atoms with Crippen molar-refractivity contribution in [2.75, 3.05) is 24.3 Å². The van der Waals surface area contributed by atoms with Crippen LogP contribution in [0.25, 0.3) is 0 Å². The second-order valence-electron chi connectivity index (χ2n) is 2.65. The summed E-state index contributed by atoms with van der Waals surface area (Å²) in [6.45, 7) is 0.588. The summed E-state index contributed by atoms with van der Waals surface area (Å²) in [5.41, 5.74) is 6.09. The molecule has 0 aliphatic carbocycles. The molecule has 0 spiro atoms. The largest absolute Gasteiger partial charge is 0.490 e. The quantitative estimate of drug-likeness (QED) is 0.659. The minimum Gasteiger partial charge on any atom is -0.490 e. The van der Waals surface area contributed by atoms with Gasteiger partial charge in [0.2, 0.25) is 0 Å². The number of halogens is 2. The van der Waals surface area contributed by atoms with Gasteiger partial charge in [-0.1, -0.05) is 23.2 Å². The number of benzene rings is 1. The fourth-order valence-electron chi connectivity index (χ4n) is 0.944. The SMILES string of the molecule is CSCCOc1c(Cl)cc(N)cc1Cl. The minimum atomic E-state index is 0.455. The van der Waals surface area contributed by atoms with Gasteiger partial charge < -0.3 is 10.5 Å². The monoisotopic (exact) mass is 251 g/mol. The van der Waals surface area contributed by atoms with Crippen molar-refractivity contribution < 1.29 is 4.74 Å². The van der Waals surface area contributed by atoms with Gasteiger partial charge >= 0.3 is 0 Å². The number of thioether (sulfide) groups is 1. The topological polar surface area (TPSA) is 35.2 Å². The van der Waals surface area contributed by atoms with Gasteiger partial charge in [0.05, 0.1) is 16.7 Å². The van der Waals surface area contributed by atoms with E-state index in [1.54, 1.807) is 23.9 Å². The molecule has 0 heterocycles. The Morgan fingerprint density at radius 1 is 1.36 bits per heavy atom. The number of anilines is 1. The zero-order valence-electron chi connectivity index (χ0n) is 7.72. The lowest BCUT2D eigenvalue weighted by Gasteiger charge is -2.09. The number of hydrogen-bond acceptors (Lipinski definition) is 3. The van der Waals surface area contributed by atoms with Crippen LogP contribution in [0.4, 0.5) is 5.69 Å². The third-order valence-corrected chi connectivity index (χ3v) is 2.69. The van der Waals surface area contributed by atoms with Gasteiger partial charge in [0.25, 0.3) is 0 Å². The van der Waals surface area contributed by atoms with Crippen LogP contribution in [0.15, 0.2) is 12.1 Å². The standard InChI is InChI=1S/C9H11Cl2NOS/c1-14-3-2-13-9-7(10)4-6(12)5-8(9)11/h4-5H,2-3,12H2,1H3. The summed E-state index contributed by atoms with van der Waals surface area (Å²) < 4.78 is 5.42. The first-order chi connectivity index (χ1) is 6.65. The van der Waals surface area contributed by atoms with Crippen molar-refractivity contribution in [2.24, 2.45) is 0 Å². The molecule has 14 heavy (non-hydrogen) atoms. The highest BCUT2D eigenvalue weighted by molar-refractivity contribution is 7.98. The average molecular weight is 252 g/mol. The normalized spacial score (nSPS) is 10.2. The Balaban J connectivity index is 2.75. The molecule has 2 N–H and O–H groups in total. The van der Waals surface area contributed by atoms with Gasteiger partial charge in [-0.15, -0.1) is 0 Å². The van der Waals surface area contributed by atoms with E-state index in [0.717, 1.165) is 5.75 Å². The Morgan fingerprint density at radius 3 is 2.43 bits per heavy atom. The second kappa shape index (κ2) is 5.59. The second-order valence-corrected chi connectivity index (χ2v) is 4.45. The van der Waals surface area contributed by atoms with E-state index in [4.69, 9.17) is 33.7 Å². The number of hydrogen-bond donors (Lipinski definition) is 1. The average Bonchev–Trinajstić information content (AvgIpc) is 2.09. The summed E-state index contributed by atoms with van der Waals surface area (Å²) in [7, 11) is 0. The molecule has 0 fully saturated rings. The molecular formula is C9H11Cl2NOS. The fraction of sp³-hybridized carbons (Fsp3) is 0.333. The maximum atomic E-state index is 5.92. The fourth-order valence-corrected chi connectivity index (χ4v) is 1.81. The van der Waals surface area contributed by atoms with Gasteiger partial charge in [-0.3, -0.25) is 0 Å². The van der Waals surface area contributed by atoms with Crippen LogP contribution in [0, 0.1) is 0 Å². The van der Waals surface area contributed by atoms with Gasteiger partial charge in [-0.25, -0.2) is 0 Å². The first-order valence-electron chi connectivity index (χ1n) is 4.01. The number of ether oxygens (including phenoxy) is 1. The lowest BCUT2D eigenvalue weighted by Crippen LogP contribution is -2.01. The van der Waals surface area contributed by atoms with Crippen molar-refractivity contribution in [3.63, 3.8) is 0 Å². The van der Waals surface area contributed by atoms with Crippen LogP contribution in [0.3, 0.4) is 0 Å². The molecule has 0 atom stereocenters. The number of rotatable bonds is 4. The molecule has 0 aromatic heterocycles. The molecule has 78 valence electrons. The summed E-state index contributed by atoms with van der Waals surface area (Å²) in [4.78, 5) is 0. The predicted molar refractivity (Wildman–Crippen MR) is 64.8 cm³/mol. The van der Waals surface area contributed by atoms with Crippen LogP contribution >= 0.6 is 35.0 Å². The van der Waals surface area contributed by atoms with Gasteiger partial charge in [0.1, 0.15) is 0 Å². The lowest BCUT2D eigenvalue weighted by molar-refractivity contribution is 0.344. The summed E-state index contributed by atoms with van der Waals surface area (Å²) in [5, 5.41) is 0.909. The minimum absolute atomic E-state index is 0.455. The van der Waals surface area contributed by atoms with Crippen LogP contribution in [0.2, 0.25) is 10.0 Å². The first-order valence-corrected chi connectivity index (χ1v) is 6.16. The predicted octanol–water partition coefficient (Wildman–Crippen LogP) is 3.32. The van der Waals surface area contributed by atoms with Crippen LogP contribution < -0.4 is 10.5 Å². The van der Waals surface area contributed by atoms with E-state index in [0.29, 0.717) is 28.1 Å². The third kappa shape index (κ3) is 3.15. The molecule has 0 radical (unpaired) electrons. The smallest absolute Gasteiger partial charge is 0.156 e. The Hall–Kier alpha value is -0.250. The number of nitrogens with two attached hydrogens (primary N) is 1. The molecule has 1 aromatic rings. The van der Waals surface area contributed by atoms with Crippen LogP contribution in [-0.4, -0.2) is 18.6 Å². The zero-order chi connectivity index (χ0) is 10.6. The van der Waals surface area contributed by atoms with Gasteiger partial charge in [-0.2, -0.15) is 11.8 Å². The van der Waals surface area contributed by atoms with E-state index in [1.165, 1.54) is 0 Å². The molecule has 0 bridgehead atoms. The first kappa shape index (κ1) is 11.8. The van der Waals surface area contributed by atoms with Crippen molar-refractivity contribution in [3.05, 3.63) is 22.2 Å². The van der Waals surface area contributed by atoms with E-state index in [-0.39, 0.29) is 0 Å². The van der Waals surface area contributed by atoms with Gasteiger partial charge in [0, 0.05) is 11.4 Å². The Kier molecular flexibility index (Phi) is 4.72. The molecular weight excluding hydrogens is 241 g/mol. The molecule has 1 aromatic carbocycles. The summed E-state index contributed by atoms with van der Waals surface area (Å²) >= 11 is 13.5. The highest BCUT2D eigenvalue weighted by Gasteiger charge is 2.07. The maximum Gasteiger partial charge on any atom is 0.156 e. The number of nitrogen functional groups attached to an aromatic ring is 1. The summed E-state index contributed by atoms with van der Waals surface area (Å²) in [5.74, 6) is 1.41. The molecule has 2 nitrogen and oxygen atoms in total. The molecule has 0 amide bonds. The Bertz CT molecular complexity index is 297. The van der Waals surface area contributed by atoms with E-state index < -0.39 is 0 Å². The van der Waals surface area contributed by atoms with Crippen LogP contribution in [0.1, 0.15) is 0 Å². The molecule has 0 saturated heterocycles. The van der Waals surface area contributed by atoms with Gasteiger partial charge in [-0.05, 0) is 18.4 Å². The Morgan fingerprint density at radius 2 is 1.93 bits per heavy atom. The lowest BCUT2D eigenvalue weighted by atomic mass is 10.3. The summed E-state index contributed by atoms with van der Waals surface area (Å²) in [6.07, 6.45) is 2.01. The maximum absolute atomic E-state index is 5.92. The van der Waals surface area contributed by atoms with Crippen molar-refractivity contribution in [2.45, 2.75) is 0 Å². The van der Waals surface area contributed by atoms with E-state index in [9.17, 15) is 0 Å². The highest BCUT2D eigenvalue weighted by Crippen LogP contribution is 2.34. The van der Waals surface area contributed by atoms with E-state index in [1.807, 2.05) is 6.26 Å². The van der Waals surface area contributed by atoms with Crippen molar-refractivity contribution in [1.82, 2.24) is 0 Å². The Labute approximate surface area is 97.7 Å². The van der Waals surface area contributed by atoms with Crippen molar-refractivity contribution in [1.29, 1.82) is 0 Å². The molecule has 0 aliphatic heterocycles. The van der Waals surface area contributed by atoms with Crippen molar-refractivity contribution in [3.8, 4) is 5.75 Å². The van der Waals surface area contributed by atoms with Crippen molar-refractivity contribution >= 4 is 40.7 Å². The molecule has 0 unspecified atom stereocenters. The zero-order valence-corrected chi connectivity index (χ0v) is 10.0. The van der Waals surface area contributed by atoms with Gasteiger partial charge in [0.15, 0.2) is 5.75 Å². The van der Waals surface area contributed by atoms with Crippen LogP contribution in [-0.2, 0) is 0 Å². The summed E-state index contributed by atoms with van der Waals surface area (Å²) in [6, 6.07) is 3.25. The highest BCUT2D eigenvalue weighted by atomic mass is 35.5. The van der Waals surface area contributed by atoms with Crippen LogP contribution in [0.5, 0.6) is 5.75 Å².